The van der Waals surface area contributed by atoms with Crippen LogP contribution in [0.5, 0.6) is 0 Å². The van der Waals surface area contributed by atoms with E-state index in [1.807, 2.05) is 12.1 Å². The maximum Gasteiger partial charge on any atom is 0.217 e. The number of aliphatic hydroxyl groups is 1. The van der Waals surface area contributed by atoms with E-state index in [2.05, 4.69) is 5.32 Å². The molecule has 0 aliphatic carbocycles. The summed E-state index contributed by atoms with van der Waals surface area (Å²) >= 11 is 0. The minimum Gasteiger partial charge on any atom is -0.394 e. The molecule has 1 aromatic carbocycles. The van der Waals surface area contributed by atoms with Gasteiger partial charge in [-0.2, -0.15) is 5.26 Å². The summed E-state index contributed by atoms with van der Waals surface area (Å²) in [5, 5.41) is 20.5. The molecule has 4 heteroatoms. The van der Waals surface area contributed by atoms with Gasteiger partial charge in [0, 0.05) is 6.92 Å². The summed E-state index contributed by atoms with van der Waals surface area (Å²) in [6.07, 6.45) is 0.519. The number of nitrogens with zero attached hydrogens (tertiary/aromatic N) is 1. The van der Waals surface area contributed by atoms with E-state index in [-0.39, 0.29) is 18.6 Å². The van der Waals surface area contributed by atoms with Gasteiger partial charge in [-0.25, -0.2) is 0 Å². The van der Waals surface area contributed by atoms with Crippen molar-refractivity contribution in [2.24, 2.45) is 0 Å². The second kappa shape index (κ2) is 5.89. The fourth-order valence-electron chi connectivity index (χ4n) is 1.50. The third-order valence-electron chi connectivity index (χ3n) is 2.17. The third kappa shape index (κ3) is 3.71. The highest BCUT2D eigenvalue weighted by atomic mass is 16.3. The van der Waals surface area contributed by atoms with Crippen LogP contribution in [0.3, 0.4) is 0 Å². The molecule has 2 N–H and O–H groups in total. The van der Waals surface area contributed by atoms with E-state index in [1.54, 1.807) is 18.2 Å². The summed E-state index contributed by atoms with van der Waals surface area (Å²) in [6, 6.07) is 8.88. The normalized spacial score (nSPS) is 11.6. The van der Waals surface area contributed by atoms with Gasteiger partial charge in [0.15, 0.2) is 0 Å². The van der Waals surface area contributed by atoms with Crippen molar-refractivity contribution in [2.45, 2.75) is 19.4 Å². The van der Waals surface area contributed by atoms with Crippen LogP contribution in [-0.4, -0.2) is 23.7 Å². The van der Waals surface area contributed by atoms with Crippen molar-refractivity contribution in [1.82, 2.24) is 5.32 Å². The van der Waals surface area contributed by atoms with Crippen molar-refractivity contribution in [3.05, 3.63) is 35.4 Å². The summed E-state index contributed by atoms with van der Waals surface area (Å²) in [5.41, 5.74) is 1.50. The molecule has 0 fully saturated rings. The van der Waals surface area contributed by atoms with Crippen LogP contribution in [0.1, 0.15) is 18.1 Å². The number of hydrogen-bond acceptors (Lipinski definition) is 3. The second-order valence-electron chi connectivity index (χ2n) is 3.60. The highest BCUT2D eigenvalue weighted by Gasteiger charge is 2.09. The molecule has 0 spiro atoms. The standard InChI is InChI=1S/C12H14N2O2/c1-9(16)14-12(8-15)6-10-3-2-4-11(5-10)7-13/h2-5,12,15H,6,8H2,1H3,(H,14,16). The number of hydrogen-bond donors (Lipinski definition) is 2. The maximum atomic E-state index is 10.9. The Bertz CT molecular complexity index is 410. The van der Waals surface area contributed by atoms with E-state index in [0.717, 1.165) is 5.56 Å². The first-order valence-electron chi connectivity index (χ1n) is 5.02. The molecule has 0 saturated heterocycles. The van der Waals surface area contributed by atoms with Gasteiger partial charge in [0.1, 0.15) is 0 Å². The van der Waals surface area contributed by atoms with Crippen molar-refractivity contribution < 1.29 is 9.90 Å². The van der Waals surface area contributed by atoms with Crippen molar-refractivity contribution >= 4 is 5.91 Å². The topological polar surface area (TPSA) is 73.1 Å². The molecule has 1 atom stereocenters. The minimum atomic E-state index is -0.300. The highest BCUT2D eigenvalue weighted by molar-refractivity contribution is 5.73. The lowest BCUT2D eigenvalue weighted by atomic mass is 10.0. The van der Waals surface area contributed by atoms with E-state index in [4.69, 9.17) is 10.4 Å². The van der Waals surface area contributed by atoms with Crippen LogP contribution in [0.4, 0.5) is 0 Å². The Balaban J connectivity index is 2.70. The molecule has 0 bridgehead atoms. The van der Waals surface area contributed by atoms with Crippen molar-refractivity contribution in [2.75, 3.05) is 6.61 Å². The molecule has 1 amide bonds. The molecule has 1 unspecified atom stereocenters. The largest absolute Gasteiger partial charge is 0.394 e. The Morgan fingerprint density at radius 1 is 1.62 bits per heavy atom. The van der Waals surface area contributed by atoms with Crippen LogP contribution in [0.25, 0.3) is 0 Å². The van der Waals surface area contributed by atoms with Gasteiger partial charge in [0.2, 0.25) is 5.91 Å². The number of carbonyl (C=O) groups excluding carboxylic acids is 1. The molecule has 0 radical (unpaired) electrons. The lowest BCUT2D eigenvalue weighted by molar-refractivity contribution is -0.119. The zero-order valence-electron chi connectivity index (χ0n) is 9.10. The molecular weight excluding hydrogens is 204 g/mol. The van der Waals surface area contributed by atoms with E-state index in [0.29, 0.717) is 12.0 Å². The maximum absolute atomic E-state index is 10.9. The first-order chi connectivity index (χ1) is 7.65. The summed E-state index contributed by atoms with van der Waals surface area (Å²) in [6.45, 7) is 1.30. The van der Waals surface area contributed by atoms with Crippen LogP contribution in [-0.2, 0) is 11.2 Å². The predicted octanol–water partition coefficient (Wildman–Crippen LogP) is 0.598. The average molecular weight is 218 g/mol. The van der Waals surface area contributed by atoms with Crippen LogP contribution < -0.4 is 5.32 Å². The summed E-state index contributed by atoms with van der Waals surface area (Å²) < 4.78 is 0. The summed E-state index contributed by atoms with van der Waals surface area (Å²) in [7, 11) is 0. The molecule has 4 nitrogen and oxygen atoms in total. The van der Waals surface area contributed by atoms with Crippen LogP contribution in [0, 0.1) is 11.3 Å². The van der Waals surface area contributed by atoms with E-state index in [1.165, 1.54) is 6.92 Å². The SMILES string of the molecule is CC(=O)NC(CO)Cc1cccc(C#N)c1. The Kier molecular flexibility index (Phi) is 4.49. The molecule has 0 heterocycles. The zero-order valence-corrected chi connectivity index (χ0v) is 9.10. The predicted molar refractivity (Wildman–Crippen MR) is 59.6 cm³/mol. The zero-order chi connectivity index (χ0) is 12.0. The van der Waals surface area contributed by atoms with Crippen molar-refractivity contribution in [3.8, 4) is 6.07 Å². The Hall–Kier alpha value is -1.86. The fraction of sp³-hybridized carbons (Fsp3) is 0.333. The van der Waals surface area contributed by atoms with E-state index < -0.39 is 0 Å². The summed E-state index contributed by atoms with van der Waals surface area (Å²) in [5.74, 6) is -0.171. The molecule has 0 aliphatic rings. The van der Waals surface area contributed by atoms with Gasteiger partial charge in [0.05, 0.1) is 24.3 Å². The Labute approximate surface area is 94.5 Å². The van der Waals surface area contributed by atoms with Gasteiger partial charge in [-0.15, -0.1) is 0 Å². The van der Waals surface area contributed by atoms with E-state index in [9.17, 15) is 4.79 Å². The molecule has 84 valence electrons. The number of nitrogens with one attached hydrogen (secondary N) is 1. The Morgan fingerprint density at radius 3 is 2.94 bits per heavy atom. The van der Waals surface area contributed by atoms with Gasteiger partial charge < -0.3 is 10.4 Å². The molecule has 16 heavy (non-hydrogen) atoms. The quantitative estimate of drug-likeness (QED) is 0.777. The second-order valence-corrected chi connectivity index (χ2v) is 3.60. The number of rotatable bonds is 4. The molecule has 0 aromatic heterocycles. The van der Waals surface area contributed by atoms with Gasteiger partial charge >= 0.3 is 0 Å². The number of carbonyl (C=O) groups is 1. The van der Waals surface area contributed by atoms with Crippen LogP contribution in [0.2, 0.25) is 0 Å². The highest BCUT2D eigenvalue weighted by Crippen LogP contribution is 2.07. The molecular formula is C12H14N2O2. The van der Waals surface area contributed by atoms with Gasteiger partial charge in [0.25, 0.3) is 0 Å². The minimum absolute atomic E-state index is 0.115. The number of nitriles is 1. The molecule has 0 aliphatic heterocycles. The summed E-state index contributed by atoms with van der Waals surface area (Å²) in [4.78, 5) is 10.9. The third-order valence-corrected chi connectivity index (χ3v) is 2.17. The first kappa shape index (κ1) is 12.2. The van der Waals surface area contributed by atoms with Crippen molar-refractivity contribution in [3.63, 3.8) is 0 Å². The smallest absolute Gasteiger partial charge is 0.217 e. The monoisotopic (exact) mass is 218 g/mol. The van der Waals surface area contributed by atoms with Crippen molar-refractivity contribution in [1.29, 1.82) is 5.26 Å². The molecule has 0 saturated carbocycles. The number of amides is 1. The first-order valence-corrected chi connectivity index (χ1v) is 5.02. The molecule has 1 aromatic rings. The van der Waals surface area contributed by atoms with Gasteiger partial charge in [-0.3, -0.25) is 4.79 Å². The van der Waals surface area contributed by atoms with Gasteiger partial charge in [-0.05, 0) is 24.1 Å². The lowest BCUT2D eigenvalue weighted by Gasteiger charge is -2.14. The number of benzene rings is 1. The Morgan fingerprint density at radius 2 is 2.38 bits per heavy atom. The average Bonchev–Trinajstić information content (AvgIpc) is 2.28. The molecule has 1 rings (SSSR count). The van der Waals surface area contributed by atoms with Crippen LogP contribution >= 0.6 is 0 Å². The fourth-order valence-corrected chi connectivity index (χ4v) is 1.50. The van der Waals surface area contributed by atoms with Gasteiger partial charge in [-0.1, -0.05) is 12.1 Å². The number of aliphatic hydroxyl groups excluding tert-OH is 1. The van der Waals surface area contributed by atoms with Crippen LogP contribution in [0.15, 0.2) is 24.3 Å². The van der Waals surface area contributed by atoms with E-state index >= 15 is 0 Å². The lowest BCUT2D eigenvalue weighted by Crippen LogP contribution is -2.37.